The highest BCUT2D eigenvalue weighted by Gasteiger charge is 2.58. The second-order valence-corrected chi connectivity index (χ2v) is 3.27. The van der Waals surface area contributed by atoms with E-state index < -0.39 is 23.8 Å². The molecule has 4 atom stereocenters. The molecule has 0 radical (unpaired) electrons. The third-order valence-electron chi connectivity index (χ3n) is 2.79. The Morgan fingerprint density at radius 2 is 1.25 bits per heavy atom. The van der Waals surface area contributed by atoms with E-state index in [4.69, 9.17) is 10.2 Å². The average molecular weight is 168 g/mol. The van der Waals surface area contributed by atoms with Crippen LogP contribution in [0.25, 0.3) is 0 Å². The fourth-order valence-electron chi connectivity index (χ4n) is 2.06. The Morgan fingerprint density at radius 1 is 0.917 bits per heavy atom. The lowest BCUT2D eigenvalue weighted by Gasteiger charge is -2.50. The van der Waals surface area contributed by atoms with Crippen LogP contribution in [0.3, 0.4) is 0 Å². The summed E-state index contributed by atoms with van der Waals surface area (Å²) < 4.78 is 0. The number of rotatable bonds is 2. The minimum absolute atomic E-state index is 0.0244. The molecule has 0 aliphatic heterocycles. The second kappa shape index (κ2) is 2.09. The Morgan fingerprint density at radius 3 is 1.42 bits per heavy atom. The first-order valence-electron chi connectivity index (χ1n) is 3.77. The zero-order valence-corrected chi connectivity index (χ0v) is 6.18. The molecule has 2 aliphatic rings. The van der Waals surface area contributed by atoms with Crippen molar-refractivity contribution in [3.05, 3.63) is 12.2 Å². The molecule has 2 N–H and O–H groups in total. The van der Waals surface area contributed by atoms with Crippen molar-refractivity contribution < 1.29 is 19.8 Å². The number of carbonyl (C=O) groups is 2. The van der Waals surface area contributed by atoms with Crippen LogP contribution in [0.15, 0.2) is 12.2 Å². The van der Waals surface area contributed by atoms with Crippen LogP contribution in [0.4, 0.5) is 0 Å². The first-order chi connectivity index (χ1) is 5.63. The van der Waals surface area contributed by atoms with Gasteiger partial charge in [0.1, 0.15) is 0 Å². The quantitative estimate of drug-likeness (QED) is 0.578. The van der Waals surface area contributed by atoms with Gasteiger partial charge in [0, 0.05) is 0 Å². The molecule has 0 bridgehead atoms. The van der Waals surface area contributed by atoms with Crippen LogP contribution in [0.1, 0.15) is 0 Å². The summed E-state index contributed by atoms with van der Waals surface area (Å²) in [6, 6.07) is 0. The molecule has 0 aromatic carbocycles. The van der Waals surface area contributed by atoms with Crippen LogP contribution in [-0.4, -0.2) is 22.2 Å². The highest BCUT2D eigenvalue weighted by molar-refractivity contribution is 5.84. The summed E-state index contributed by atoms with van der Waals surface area (Å²) >= 11 is 0. The van der Waals surface area contributed by atoms with Gasteiger partial charge in [0.15, 0.2) is 0 Å². The smallest absolute Gasteiger partial charge is 0.308 e. The van der Waals surface area contributed by atoms with Gasteiger partial charge in [-0.05, 0) is 11.8 Å². The monoisotopic (exact) mass is 168 g/mol. The molecule has 0 saturated heterocycles. The van der Waals surface area contributed by atoms with Gasteiger partial charge in [-0.1, -0.05) is 12.2 Å². The second-order valence-electron chi connectivity index (χ2n) is 3.27. The van der Waals surface area contributed by atoms with E-state index >= 15 is 0 Å². The predicted octanol–water partition coefficient (Wildman–Crippen LogP) is 0.204. The van der Waals surface area contributed by atoms with E-state index in [1.54, 1.807) is 12.2 Å². The van der Waals surface area contributed by atoms with E-state index in [9.17, 15) is 9.59 Å². The molecule has 64 valence electrons. The highest BCUT2D eigenvalue weighted by Crippen LogP contribution is 2.53. The van der Waals surface area contributed by atoms with Crippen molar-refractivity contribution in [2.24, 2.45) is 23.7 Å². The summed E-state index contributed by atoms with van der Waals surface area (Å²) in [6.07, 6.45) is 3.56. The number of fused-ring (bicyclic) bond motifs is 1. The number of carboxylic acids is 2. The van der Waals surface area contributed by atoms with Crippen molar-refractivity contribution in [2.75, 3.05) is 0 Å². The van der Waals surface area contributed by atoms with E-state index in [2.05, 4.69) is 0 Å². The van der Waals surface area contributed by atoms with Crippen molar-refractivity contribution in [3.63, 3.8) is 0 Å². The van der Waals surface area contributed by atoms with E-state index in [0.29, 0.717) is 0 Å². The lowest BCUT2D eigenvalue weighted by Crippen LogP contribution is -2.56. The van der Waals surface area contributed by atoms with Crippen LogP contribution in [0.5, 0.6) is 0 Å². The molecule has 2 rings (SSSR count). The molecule has 0 amide bonds. The maximum absolute atomic E-state index is 10.6. The summed E-state index contributed by atoms with van der Waals surface area (Å²) in [4.78, 5) is 21.2. The number of aliphatic carboxylic acids is 2. The van der Waals surface area contributed by atoms with Crippen LogP contribution in [-0.2, 0) is 9.59 Å². The van der Waals surface area contributed by atoms with Crippen molar-refractivity contribution in [1.29, 1.82) is 0 Å². The zero-order chi connectivity index (χ0) is 8.88. The van der Waals surface area contributed by atoms with Crippen LogP contribution in [0.2, 0.25) is 0 Å². The normalized spacial score (nSPS) is 42.3. The van der Waals surface area contributed by atoms with Crippen LogP contribution in [0, 0.1) is 23.7 Å². The highest BCUT2D eigenvalue weighted by atomic mass is 16.4. The van der Waals surface area contributed by atoms with Gasteiger partial charge >= 0.3 is 11.9 Å². The molecule has 4 nitrogen and oxygen atoms in total. The summed E-state index contributed by atoms with van der Waals surface area (Å²) in [5, 5.41) is 17.4. The first kappa shape index (κ1) is 7.34. The minimum atomic E-state index is -0.993. The summed E-state index contributed by atoms with van der Waals surface area (Å²) in [6.45, 7) is 0. The number of allylic oxidation sites excluding steroid dienone is 2. The molecule has 1 fully saturated rings. The van der Waals surface area contributed by atoms with Gasteiger partial charge in [-0.15, -0.1) is 0 Å². The van der Waals surface area contributed by atoms with Crippen molar-refractivity contribution in [1.82, 2.24) is 0 Å². The molecule has 0 spiro atoms. The van der Waals surface area contributed by atoms with E-state index in [1.165, 1.54) is 0 Å². The van der Waals surface area contributed by atoms with E-state index in [1.807, 2.05) is 0 Å². The van der Waals surface area contributed by atoms with Gasteiger partial charge in [-0.25, -0.2) is 0 Å². The minimum Gasteiger partial charge on any atom is -0.481 e. The predicted molar refractivity (Wildman–Crippen MR) is 38.4 cm³/mol. The Bertz CT molecular complexity index is 253. The Labute approximate surface area is 68.5 Å². The molecule has 0 aromatic rings. The molecule has 0 heterocycles. The molecular formula is C8H8O4. The van der Waals surface area contributed by atoms with Gasteiger partial charge in [0.05, 0.1) is 11.8 Å². The third-order valence-corrected chi connectivity index (χ3v) is 2.79. The van der Waals surface area contributed by atoms with E-state index in [0.717, 1.165) is 0 Å². The summed E-state index contributed by atoms with van der Waals surface area (Å²) in [5.74, 6) is -3.43. The molecule has 0 aromatic heterocycles. The van der Waals surface area contributed by atoms with Gasteiger partial charge in [-0.2, -0.15) is 0 Å². The Hall–Kier alpha value is -1.32. The average Bonchev–Trinajstić information content (AvgIpc) is 1.91. The molecule has 12 heavy (non-hydrogen) atoms. The van der Waals surface area contributed by atoms with Crippen LogP contribution < -0.4 is 0 Å². The molecule has 2 aliphatic carbocycles. The summed E-state index contributed by atoms with van der Waals surface area (Å²) in [7, 11) is 0. The Kier molecular flexibility index (Phi) is 1.28. The van der Waals surface area contributed by atoms with Crippen molar-refractivity contribution in [2.45, 2.75) is 0 Å². The lowest BCUT2D eigenvalue weighted by molar-refractivity contribution is -0.170. The fourth-order valence-corrected chi connectivity index (χ4v) is 2.06. The van der Waals surface area contributed by atoms with Crippen molar-refractivity contribution in [3.8, 4) is 0 Å². The third kappa shape index (κ3) is 0.668. The molecule has 4 heteroatoms. The fraction of sp³-hybridized carbons (Fsp3) is 0.500. The largest absolute Gasteiger partial charge is 0.481 e. The molecule has 1 saturated carbocycles. The summed E-state index contributed by atoms with van der Waals surface area (Å²) in [5.41, 5.74) is 0. The SMILES string of the molecule is O=C(O)[C@@H]1[C@H]2C=C[C@@H]2[C@@H]1C(=O)O. The maximum atomic E-state index is 10.6. The maximum Gasteiger partial charge on any atom is 0.308 e. The zero-order valence-electron chi connectivity index (χ0n) is 6.18. The standard InChI is InChI=1S/C8H8O4/c9-7(10)5-3-1-2-4(3)6(5)8(11)12/h1-6H,(H,9,10)(H,11,12)/t3-,4-,5-,6+/m0/s1. The Balaban J connectivity index is 2.19. The van der Waals surface area contributed by atoms with Gasteiger partial charge in [0.25, 0.3) is 0 Å². The number of hydrogen-bond acceptors (Lipinski definition) is 2. The topological polar surface area (TPSA) is 74.6 Å². The van der Waals surface area contributed by atoms with Crippen LogP contribution >= 0.6 is 0 Å². The molecule has 0 unspecified atom stereocenters. The first-order valence-corrected chi connectivity index (χ1v) is 3.77. The number of hydrogen-bond donors (Lipinski definition) is 2. The van der Waals surface area contributed by atoms with Crippen molar-refractivity contribution >= 4 is 11.9 Å². The van der Waals surface area contributed by atoms with Gasteiger partial charge < -0.3 is 10.2 Å². The van der Waals surface area contributed by atoms with E-state index in [-0.39, 0.29) is 11.8 Å². The van der Waals surface area contributed by atoms with Gasteiger partial charge in [-0.3, -0.25) is 9.59 Å². The lowest BCUT2D eigenvalue weighted by atomic mass is 9.51. The molecular weight excluding hydrogens is 160 g/mol. The van der Waals surface area contributed by atoms with Gasteiger partial charge in [0.2, 0.25) is 0 Å². The number of carboxylic acid groups (broad SMARTS) is 2.